The smallest absolute Gasteiger partial charge is 0.0646 e. The van der Waals surface area contributed by atoms with Crippen molar-refractivity contribution in [1.82, 2.24) is 0 Å². The maximum atomic E-state index is 5.91. The number of ether oxygens (including phenoxy) is 1. The van der Waals surface area contributed by atoms with Crippen LogP contribution >= 0.6 is 23.4 Å². The van der Waals surface area contributed by atoms with E-state index in [1.54, 1.807) is 11.8 Å². The van der Waals surface area contributed by atoms with Gasteiger partial charge in [-0.15, -0.1) is 11.8 Å². The van der Waals surface area contributed by atoms with E-state index in [-0.39, 0.29) is 0 Å². The third-order valence-corrected chi connectivity index (χ3v) is 3.06. The van der Waals surface area contributed by atoms with Gasteiger partial charge in [-0.3, -0.25) is 0 Å². The Labute approximate surface area is 100 Å². The largest absolute Gasteiger partial charge is 0.398 e. The van der Waals surface area contributed by atoms with E-state index in [2.05, 4.69) is 0 Å². The molecule has 0 bridgehead atoms. The fourth-order valence-electron chi connectivity index (χ4n) is 1.04. The van der Waals surface area contributed by atoms with Crippen LogP contribution in [0.25, 0.3) is 0 Å². The van der Waals surface area contributed by atoms with Gasteiger partial charge < -0.3 is 10.5 Å². The van der Waals surface area contributed by atoms with Crippen molar-refractivity contribution in [2.45, 2.75) is 24.8 Å². The minimum atomic E-state index is 0.292. The van der Waals surface area contributed by atoms with Gasteiger partial charge in [0.2, 0.25) is 0 Å². The van der Waals surface area contributed by atoms with Gasteiger partial charge in [0.25, 0.3) is 0 Å². The highest BCUT2D eigenvalue weighted by atomic mass is 35.5. The van der Waals surface area contributed by atoms with Crippen molar-refractivity contribution in [1.29, 1.82) is 0 Å². The molecule has 15 heavy (non-hydrogen) atoms. The zero-order valence-electron chi connectivity index (χ0n) is 9.00. The summed E-state index contributed by atoms with van der Waals surface area (Å²) in [7, 11) is 0. The molecule has 0 spiro atoms. The summed E-state index contributed by atoms with van der Waals surface area (Å²) >= 11 is 7.63. The van der Waals surface area contributed by atoms with Gasteiger partial charge in [0.05, 0.1) is 23.4 Å². The van der Waals surface area contributed by atoms with Crippen LogP contribution in [-0.4, -0.2) is 18.5 Å². The lowest BCUT2D eigenvalue weighted by Crippen LogP contribution is -2.05. The number of rotatable bonds is 5. The van der Waals surface area contributed by atoms with Gasteiger partial charge in [0.1, 0.15) is 0 Å². The molecule has 2 nitrogen and oxygen atoms in total. The molecule has 0 fully saturated rings. The maximum absolute atomic E-state index is 5.91. The van der Waals surface area contributed by atoms with Crippen LogP contribution in [0.15, 0.2) is 23.1 Å². The van der Waals surface area contributed by atoms with Crippen LogP contribution in [0.2, 0.25) is 5.02 Å². The Bertz CT molecular complexity index is 317. The van der Waals surface area contributed by atoms with Crippen LogP contribution < -0.4 is 5.73 Å². The Kier molecular flexibility index (Phi) is 5.29. The summed E-state index contributed by atoms with van der Waals surface area (Å²) in [5.41, 5.74) is 6.24. The average molecular weight is 246 g/mol. The molecule has 0 amide bonds. The minimum absolute atomic E-state index is 0.292. The van der Waals surface area contributed by atoms with Crippen LogP contribution in [0.3, 0.4) is 0 Å². The standard InChI is InChI=1S/C11H16ClNOS/c1-8(2)14-5-6-15-9-3-4-11(13)10(12)7-9/h3-4,7-8H,5-6,13H2,1-2H3. The zero-order chi connectivity index (χ0) is 11.3. The molecule has 0 aromatic heterocycles. The van der Waals surface area contributed by atoms with E-state index in [1.165, 1.54) is 0 Å². The summed E-state index contributed by atoms with van der Waals surface area (Å²) in [6.07, 6.45) is 0.292. The Hall–Kier alpha value is -0.380. The molecule has 0 atom stereocenters. The lowest BCUT2D eigenvalue weighted by Gasteiger charge is -2.07. The van der Waals surface area contributed by atoms with E-state index >= 15 is 0 Å². The highest BCUT2D eigenvalue weighted by Crippen LogP contribution is 2.26. The van der Waals surface area contributed by atoms with E-state index < -0.39 is 0 Å². The number of hydrogen-bond acceptors (Lipinski definition) is 3. The number of anilines is 1. The van der Waals surface area contributed by atoms with Crippen molar-refractivity contribution >= 4 is 29.1 Å². The molecular formula is C11H16ClNOS. The van der Waals surface area contributed by atoms with E-state index in [0.29, 0.717) is 16.8 Å². The molecule has 1 rings (SSSR count). The van der Waals surface area contributed by atoms with Crippen molar-refractivity contribution in [2.75, 3.05) is 18.1 Å². The number of halogens is 1. The van der Waals surface area contributed by atoms with Gasteiger partial charge >= 0.3 is 0 Å². The summed E-state index contributed by atoms with van der Waals surface area (Å²) in [5.74, 6) is 0.929. The molecule has 0 aliphatic heterocycles. The topological polar surface area (TPSA) is 35.2 Å². The average Bonchev–Trinajstić information content (AvgIpc) is 2.18. The number of nitrogen functional groups attached to an aromatic ring is 1. The molecule has 0 radical (unpaired) electrons. The Morgan fingerprint density at radius 3 is 2.80 bits per heavy atom. The normalized spacial score (nSPS) is 10.9. The fourth-order valence-corrected chi connectivity index (χ4v) is 2.07. The third kappa shape index (κ3) is 4.78. The van der Waals surface area contributed by atoms with Crippen LogP contribution in [-0.2, 0) is 4.74 Å². The van der Waals surface area contributed by atoms with Gasteiger partial charge in [-0.25, -0.2) is 0 Å². The second-order valence-corrected chi connectivity index (χ2v) is 5.03. The lowest BCUT2D eigenvalue weighted by molar-refractivity contribution is 0.0920. The molecule has 2 N–H and O–H groups in total. The van der Waals surface area contributed by atoms with Crippen LogP contribution in [0.1, 0.15) is 13.8 Å². The molecule has 0 aliphatic carbocycles. The summed E-state index contributed by atoms with van der Waals surface area (Å²) < 4.78 is 5.44. The van der Waals surface area contributed by atoms with Crippen molar-refractivity contribution in [2.24, 2.45) is 0 Å². The summed E-state index contributed by atoms with van der Waals surface area (Å²) in [6, 6.07) is 5.69. The highest BCUT2D eigenvalue weighted by molar-refractivity contribution is 7.99. The predicted octanol–water partition coefficient (Wildman–Crippen LogP) is 3.44. The molecule has 1 aromatic carbocycles. The van der Waals surface area contributed by atoms with Crippen LogP contribution in [0.5, 0.6) is 0 Å². The van der Waals surface area contributed by atoms with Crippen molar-refractivity contribution in [3.63, 3.8) is 0 Å². The Balaban J connectivity index is 2.35. The van der Waals surface area contributed by atoms with Gasteiger partial charge in [0, 0.05) is 10.6 Å². The van der Waals surface area contributed by atoms with Crippen LogP contribution in [0, 0.1) is 0 Å². The molecule has 0 unspecified atom stereocenters. The van der Waals surface area contributed by atoms with Gasteiger partial charge in [-0.1, -0.05) is 11.6 Å². The second kappa shape index (κ2) is 6.26. The number of benzene rings is 1. The molecule has 0 saturated heterocycles. The van der Waals surface area contributed by atoms with Crippen molar-refractivity contribution in [3.8, 4) is 0 Å². The van der Waals surface area contributed by atoms with Crippen LogP contribution in [0.4, 0.5) is 5.69 Å². The minimum Gasteiger partial charge on any atom is -0.398 e. The van der Waals surface area contributed by atoms with E-state index in [1.807, 2.05) is 32.0 Å². The molecule has 1 aromatic rings. The van der Waals surface area contributed by atoms with Gasteiger partial charge in [-0.2, -0.15) is 0 Å². The first-order chi connectivity index (χ1) is 7.09. The molecule has 0 heterocycles. The maximum Gasteiger partial charge on any atom is 0.0646 e. The zero-order valence-corrected chi connectivity index (χ0v) is 10.6. The highest BCUT2D eigenvalue weighted by Gasteiger charge is 1.99. The predicted molar refractivity (Wildman–Crippen MR) is 67.7 cm³/mol. The fraction of sp³-hybridized carbons (Fsp3) is 0.455. The summed E-state index contributed by atoms with van der Waals surface area (Å²) in [5, 5.41) is 0.616. The molecule has 0 aliphatic rings. The van der Waals surface area contributed by atoms with E-state index in [0.717, 1.165) is 17.3 Å². The molecule has 84 valence electrons. The first-order valence-corrected chi connectivity index (χ1v) is 6.25. The first kappa shape index (κ1) is 12.7. The number of nitrogens with two attached hydrogens (primary N) is 1. The third-order valence-electron chi connectivity index (χ3n) is 1.78. The Morgan fingerprint density at radius 2 is 2.20 bits per heavy atom. The van der Waals surface area contributed by atoms with E-state index in [9.17, 15) is 0 Å². The lowest BCUT2D eigenvalue weighted by atomic mass is 10.3. The summed E-state index contributed by atoms with van der Waals surface area (Å²) in [4.78, 5) is 1.13. The van der Waals surface area contributed by atoms with Crippen molar-refractivity contribution in [3.05, 3.63) is 23.2 Å². The Morgan fingerprint density at radius 1 is 1.47 bits per heavy atom. The second-order valence-electron chi connectivity index (χ2n) is 3.45. The first-order valence-electron chi connectivity index (χ1n) is 4.89. The SMILES string of the molecule is CC(C)OCCSc1ccc(N)c(Cl)c1. The molecule has 0 saturated carbocycles. The molecule has 4 heteroatoms. The van der Waals surface area contributed by atoms with Gasteiger partial charge in [-0.05, 0) is 32.0 Å². The molecular weight excluding hydrogens is 230 g/mol. The van der Waals surface area contributed by atoms with Gasteiger partial charge in [0.15, 0.2) is 0 Å². The monoisotopic (exact) mass is 245 g/mol. The van der Waals surface area contributed by atoms with Crippen molar-refractivity contribution < 1.29 is 4.74 Å². The quantitative estimate of drug-likeness (QED) is 0.490. The number of hydrogen-bond donors (Lipinski definition) is 1. The van der Waals surface area contributed by atoms with E-state index in [4.69, 9.17) is 22.1 Å². The number of thioether (sulfide) groups is 1. The summed E-state index contributed by atoms with van der Waals surface area (Å²) in [6.45, 7) is 4.82.